The van der Waals surface area contributed by atoms with Crippen LogP contribution in [0.5, 0.6) is 0 Å². The molecule has 0 aliphatic heterocycles. The summed E-state index contributed by atoms with van der Waals surface area (Å²) in [5.74, 6) is -0.152. The van der Waals surface area contributed by atoms with Gasteiger partial charge in [-0.3, -0.25) is 4.79 Å². The zero-order valence-corrected chi connectivity index (χ0v) is 18.5. The topological polar surface area (TPSA) is 77.8 Å². The quantitative estimate of drug-likeness (QED) is 0.324. The summed E-state index contributed by atoms with van der Waals surface area (Å²) in [7, 11) is 0. The fourth-order valence-electron chi connectivity index (χ4n) is 4.36. The molecule has 0 heterocycles. The van der Waals surface area contributed by atoms with Crippen molar-refractivity contribution in [3.05, 3.63) is 59.2 Å². The van der Waals surface area contributed by atoms with Gasteiger partial charge in [0.1, 0.15) is 0 Å². The fraction of sp³-hybridized carbons (Fsp3) is 0.577. The lowest BCUT2D eigenvalue weighted by Gasteiger charge is -2.11. The van der Waals surface area contributed by atoms with E-state index >= 15 is 0 Å². The van der Waals surface area contributed by atoms with Gasteiger partial charge in [-0.15, -0.1) is 0 Å². The van der Waals surface area contributed by atoms with Gasteiger partial charge in [-0.05, 0) is 63.4 Å². The van der Waals surface area contributed by atoms with Crippen LogP contribution in [0.2, 0.25) is 0 Å². The van der Waals surface area contributed by atoms with Crippen LogP contribution in [0, 0.1) is 18.8 Å². The fourth-order valence-corrected chi connectivity index (χ4v) is 4.36. The van der Waals surface area contributed by atoms with Gasteiger partial charge in [0, 0.05) is 18.8 Å². The molecule has 1 fully saturated rings. The van der Waals surface area contributed by atoms with Crippen LogP contribution in [-0.2, 0) is 11.2 Å². The van der Waals surface area contributed by atoms with Crippen LogP contribution in [0.25, 0.3) is 0 Å². The Kier molecular flexibility index (Phi) is 10.3. The van der Waals surface area contributed by atoms with Gasteiger partial charge >= 0.3 is 5.97 Å². The summed E-state index contributed by atoms with van der Waals surface area (Å²) in [6.07, 6.45) is 12.4. The lowest BCUT2D eigenvalue weighted by Crippen LogP contribution is -2.12. The van der Waals surface area contributed by atoms with Crippen LogP contribution < -0.4 is 0 Å². The van der Waals surface area contributed by atoms with Crippen LogP contribution in [-0.4, -0.2) is 33.5 Å². The molecule has 166 valence electrons. The smallest absolute Gasteiger partial charge is 0.303 e. The van der Waals surface area contributed by atoms with E-state index in [9.17, 15) is 15.0 Å². The maximum atomic E-state index is 10.6. The Morgan fingerprint density at radius 1 is 1.23 bits per heavy atom. The molecule has 0 aromatic heterocycles. The van der Waals surface area contributed by atoms with Gasteiger partial charge in [-0.1, -0.05) is 60.6 Å². The highest BCUT2D eigenvalue weighted by Gasteiger charge is 2.30. The van der Waals surface area contributed by atoms with E-state index in [4.69, 9.17) is 5.11 Å². The van der Waals surface area contributed by atoms with Crippen molar-refractivity contribution in [1.82, 2.24) is 0 Å². The molecule has 3 N–H and O–H groups in total. The van der Waals surface area contributed by atoms with Crippen LogP contribution in [0.1, 0.15) is 69.4 Å². The Morgan fingerprint density at radius 3 is 2.70 bits per heavy atom. The van der Waals surface area contributed by atoms with Gasteiger partial charge in [0.15, 0.2) is 0 Å². The number of rotatable bonds is 12. The van der Waals surface area contributed by atoms with Gasteiger partial charge in [0.25, 0.3) is 0 Å². The van der Waals surface area contributed by atoms with E-state index in [0.717, 1.165) is 50.5 Å². The molecule has 4 heteroatoms. The van der Waals surface area contributed by atoms with Crippen LogP contribution in [0.3, 0.4) is 0 Å². The zero-order chi connectivity index (χ0) is 21.9. The van der Waals surface area contributed by atoms with Crippen LogP contribution in [0.15, 0.2) is 48.1 Å². The average molecular weight is 415 g/mol. The number of hydrogen-bond acceptors (Lipinski definition) is 3. The predicted octanol–water partition coefficient (Wildman–Crippen LogP) is 5.21. The number of carboxylic acids is 1. The molecule has 2 rings (SSSR count). The van der Waals surface area contributed by atoms with E-state index in [1.165, 1.54) is 11.1 Å². The molecule has 0 spiro atoms. The number of unbranched alkanes of at least 4 members (excludes halogenated alkanes) is 1. The lowest BCUT2D eigenvalue weighted by atomic mass is 9.97. The molecule has 30 heavy (non-hydrogen) atoms. The highest BCUT2D eigenvalue weighted by Crippen LogP contribution is 2.35. The minimum atomic E-state index is -0.722. The van der Waals surface area contributed by atoms with Gasteiger partial charge < -0.3 is 15.3 Å². The first-order valence-electron chi connectivity index (χ1n) is 11.4. The minimum Gasteiger partial charge on any atom is -0.481 e. The Hall–Kier alpha value is -1.91. The van der Waals surface area contributed by atoms with Gasteiger partial charge in [0.2, 0.25) is 0 Å². The minimum absolute atomic E-state index is 0.108. The molecule has 4 nitrogen and oxygen atoms in total. The standard InChI is InChI=1S/C26H38O4/c1-3-20(8-4-5-10-26(29)30)11-12-22-16-23(25(28)18-22)13-14-24(27)17-21-9-6-7-19(2)15-21/h6-7,9,11,13-15,22-25,27-28H,3-5,8,10,12,16-18H2,1-2H3,(H,29,30)/b14-13+,20-11+/t22?,23-,24+,25-/m1/s1. The van der Waals surface area contributed by atoms with Crippen molar-refractivity contribution in [2.75, 3.05) is 0 Å². The SMILES string of the molecule is CC/C(=C\CC1C[C@@H](O)[C@H](/C=C/[C@H](O)Cc2cccc(C)c2)C1)CCCCC(=O)O. The number of aryl methyl sites for hydroxylation is 1. The van der Waals surface area contributed by atoms with Crippen molar-refractivity contribution in [1.29, 1.82) is 0 Å². The van der Waals surface area contributed by atoms with Crippen LogP contribution in [0.4, 0.5) is 0 Å². The first-order chi connectivity index (χ1) is 14.4. The van der Waals surface area contributed by atoms with Gasteiger partial charge in [-0.2, -0.15) is 0 Å². The maximum Gasteiger partial charge on any atom is 0.303 e. The van der Waals surface area contributed by atoms with E-state index in [1.54, 1.807) is 0 Å². The molecule has 1 aliphatic carbocycles. The van der Waals surface area contributed by atoms with Crippen molar-refractivity contribution < 1.29 is 20.1 Å². The number of carboxylic acid groups (broad SMARTS) is 1. The molecule has 0 amide bonds. The van der Waals surface area contributed by atoms with Gasteiger partial charge in [0.05, 0.1) is 12.2 Å². The molecule has 4 atom stereocenters. The van der Waals surface area contributed by atoms with Crippen molar-refractivity contribution in [2.45, 2.75) is 83.8 Å². The number of carbonyl (C=O) groups is 1. The number of aliphatic carboxylic acids is 1. The third kappa shape index (κ3) is 8.85. The first-order valence-corrected chi connectivity index (χ1v) is 11.4. The average Bonchev–Trinajstić information content (AvgIpc) is 3.05. The summed E-state index contributed by atoms with van der Waals surface area (Å²) in [6, 6.07) is 8.19. The Balaban J connectivity index is 1.78. The maximum absolute atomic E-state index is 10.6. The van der Waals surface area contributed by atoms with Gasteiger partial charge in [-0.25, -0.2) is 0 Å². The molecule has 1 unspecified atom stereocenters. The Bertz CT molecular complexity index is 721. The molecule has 1 aromatic carbocycles. The van der Waals surface area contributed by atoms with E-state index in [2.05, 4.69) is 32.1 Å². The summed E-state index contributed by atoms with van der Waals surface area (Å²) >= 11 is 0. The highest BCUT2D eigenvalue weighted by atomic mass is 16.4. The molecule has 1 saturated carbocycles. The Labute approximate surface area is 181 Å². The number of aliphatic hydroxyl groups is 2. The Morgan fingerprint density at radius 2 is 2.00 bits per heavy atom. The normalized spacial score (nSPS) is 23.2. The largest absolute Gasteiger partial charge is 0.481 e. The number of aliphatic hydroxyl groups excluding tert-OH is 2. The van der Waals surface area contributed by atoms with E-state index in [-0.39, 0.29) is 18.4 Å². The number of hydrogen-bond donors (Lipinski definition) is 3. The second kappa shape index (κ2) is 12.7. The molecule has 0 radical (unpaired) electrons. The predicted molar refractivity (Wildman–Crippen MR) is 121 cm³/mol. The molecule has 1 aromatic rings. The number of benzene rings is 1. The van der Waals surface area contributed by atoms with Crippen molar-refractivity contribution >= 4 is 5.97 Å². The van der Waals surface area contributed by atoms with Crippen molar-refractivity contribution in [3.63, 3.8) is 0 Å². The molecule has 1 aliphatic rings. The highest BCUT2D eigenvalue weighted by molar-refractivity contribution is 5.66. The monoisotopic (exact) mass is 414 g/mol. The summed E-state index contributed by atoms with van der Waals surface area (Å²) < 4.78 is 0. The third-order valence-electron chi connectivity index (χ3n) is 6.11. The summed E-state index contributed by atoms with van der Waals surface area (Å²) in [5.41, 5.74) is 3.71. The van der Waals surface area contributed by atoms with Crippen molar-refractivity contribution in [2.24, 2.45) is 11.8 Å². The molecular weight excluding hydrogens is 376 g/mol. The second-order valence-electron chi connectivity index (χ2n) is 8.77. The van der Waals surface area contributed by atoms with Crippen LogP contribution >= 0.6 is 0 Å². The molecular formula is C26H38O4. The summed E-state index contributed by atoms with van der Waals surface area (Å²) in [6.45, 7) is 4.20. The van der Waals surface area contributed by atoms with E-state index in [1.807, 2.05) is 24.3 Å². The van der Waals surface area contributed by atoms with E-state index < -0.39 is 12.1 Å². The molecule has 0 saturated heterocycles. The van der Waals surface area contributed by atoms with E-state index in [0.29, 0.717) is 12.3 Å². The number of allylic oxidation sites excluding steroid dienone is 2. The summed E-state index contributed by atoms with van der Waals surface area (Å²) in [4.78, 5) is 10.6. The first kappa shape index (κ1) is 24.4. The second-order valence-corrected chi connectivity index (χ2v) is 8.77. The lowest BCUT2D eigenvalue weighted by molar-refractivity contribution is -0.137. The third-order valence-corrected chi connectivity index (χ3v) is 6.11. The zero-order valence-electron chi connectivity index (χ0n) is 18.5. The molecule has 0 bridgehead atoms. The van der Waals surface area contributed by atoms with Crippen molar-refractivity contribution in [3.8, 4) is 0 Å². The summed E-state index contributed by atoms with van der Waals surface area (Å²) in [5, 5.41) is 29.5.